The SMILES string of the molecule is CC(c1cc(C(F)(F)F)c2cn(-c3cccc(C4(Cc5nncn5C)COC4)c3)c(=O)n2c1)N1CCC(F)CC1. The molecule has 2 aliphatic rings. The Balaban J connectivity index is 1.41. The summed E-state index contributed by atoms with van der Waals surface area (Å²) in [6, 6.07) is 7.97. The van der Waals surface area contributed by atoms with E-state index in [0.717, 1.165) is 21.9 Å². The van der Waals surface area contributed by atoms with Crippen molar-refractivity contribution in [2.24, 2.45) is 7.05 Å². The molecule has 0 radical (unpaired) electrons. The van der Waals surface area contributed by atoms with E-state index in [1.165, 1.54) is 17.0 Å². The van der Waals surface area contributed by atoms with Crippen LogP contribution in [0.25, 0.3) is 11.2 Å². The summed E-state index contributed by atoms with van der Waals surface area (Å²) < 4.78 is 66.2. The van der Waals surface area contributed by atoms with Gasteiger partial charge in [0, 0.05) is 50.4 Å². The number of halogens is 4. The van der Waals surface area contributed by atoms with Crippen molar-refractivity contribution in [1.82, 2.24) is 28.6 Å². The molecule has 2 fully saturated rings. The third-order valence-electron chi connectivity index (χ3n) is 8.38. The van der Waals surface area contributed by atoms with Gasteiger partial charge < -0.3 is 9.30 Å². The average molecular weight is 559 g/mol. The van der Waals surface area contributed by atoms with Crippen LogP contribution in [-0.2, 0) is 29.8 Å². The van der Waals surface area contributed by atoms with Gasteiger partial charge in [-0.15, -0.1) is 10.2 Å². The minimum atomic E-state index is -4.67. The molecule has 1 aromatic carbocycles. The predicted octanol–water partition coefficient (Wildman–Crippen LogP) is 4.24. The van der Waals surface area contributed by atoms with Gasteiger partial charge in [0.05, 0.1) is 30.0 Å². The molecule has 0 spiro atoms. The predicted molar refractivity (Wildman–Crippen MR) is 139 cm³/mol. The van der Waals surface area contributed by atoms with Crippen LogP contribution in [0.3, 0.4) is 0 Å². The first-order valence-electron chi connectivity index (χ1n) is 13.3. The number of imidazole rings is 1. The number of benzene rings is 1. The van der Waals surface area contributed by atoms with E-state index in [9.17, 15) is 22.4 Å². The lowest BCUT2D eigenvalue weighted by Gasteiger charge is -2.41. The van der Waals surface area contributed by atoms with Gasteiger partial charge in [-0.3, -0.25) is 13.9 Å². The first kappa shape index (κ1) is 26.7. The summed E-state index contributed by atoms with van der Waals surface area (Å²) in [5.74, 6) is 0.785. The number of hydrogen-bond donors (Lipinski definition) is 0. The molecule has 3 aromatic heterocycles. The first-order valence-corrected chi connectivity index (χ1v) is 13.3. The molecular weight excluding hydrogens is 528 g/mol. The molecule has 212 valence electrons. The second kappa shape index (κ2) is 9.84. The first-order chi connectivity index (χ1) is 19.1. The van der Waals surface area contributed by atoms with Crippen LogP contribution in [0, 0.1) is 0 Å². The molecule has 2 saturated heterocycles. The van der Waals surface area contributed by atoms with Gasteiger partial charge in [-0.1, -0.05) is 12.1 Å². The summed E-state index contributed by atoms with van der Waals surface area (Å²) in [7, 11) is 1.86. The molecule has 5 heterocycles. The smallest absolute Gasteiger partial charge is 0.379 e. The molecule has 2 aliphatic heterocycles. The second-order valence-corrected chi connectivity index (χ2v) is 11.0. The Morgan fingerprint density at radius 1 is 1.15 bits per heavy atom. The average Bonchev–Trinajstić information content (AvgIpc) is 3.47. The zero-order valence-corrected chi connectivity index (χ0v) is 22.2. The quantitative estimate of drug-likeness (QED) is 0.331. The van der Waals surface area contributed by atoms with Crippen molar-refractivity contribution < 1.29 is 22.3 Å². The third kappa shape index (κ3) is 4.62. The molecular formula is C28H30F4N6O2. The number of likely N-dealkylation sites (tertiary alicyclic amines) is 1. The van der Waals surface area contributed by atoms with E-state index in [1.807, 2.05) is 28.6 Å². The van der Waals surface area contributed by atoms with Gasteiger partial charge >= 0.3 is 11.9 Å². The van der Waals surface area contributed by atoms with Crippen molar-refractivity contribution in [3.63, 3.8) is 0 Å². The van der Waals surface area contributed by atoms with Gasteiger partial charge in [0.1, 0.15) is 18.3 Å². The maximum atomic E-state index is 14.3. The Morgan fingerprint density at radius 2 is 1.90 bits per heavy atom. The molecule has 40 heavy (non-hydrogen) atoms. The second-order valence-electron chi connectivity index (χ2n) is 11.0. The van der Waals surface area contributed by atoms with Crippen molar-refractivity contribution in [3.8, 4) is 5.69 Å². The van der Waals surface area contributed by atoms with Crippen LogP contribution < -0.4 is 5.69 Å². The summed E-state index contributed by atoms with van der Waals surface area (Å²) in [6.45, 7) is 3.60. The van der Waals surface area contributed by atoms with E-state index in [0.29, 0.717) is 56.8 Å². The van der Waals surface area contributed by atoms with Gasteiger partial charge in [-0.25, -0.2) is 9.18 Å². The zero-order chi connectivity index (χ0) is 28.2. The molecule has 0 aliphatic carbocycles. The summed E-state index contributed by atoms with van der Waals surface area (Å²) in [4.78, 5) is 15.6. The molecule has 8 nitrogen and oxygen atoms in total. The summed E-state index contributed by atoms with van der Waals surface area (Å²) in [6.07, 6.45) is 0.0461. The molecule has 0 N–H and O–H groups in total. The van der Waals surface area contributed by atoms with Crippen molar-refractivity contribution in [2.75, 3.05) is 26.3 Å². The Bertz CT molecular complexity index is 1590. The van der Waals surface area contributed by atoms with Gasteiger partial charge in [-0.2, -0.15) is 13.2 Å². The van der Waals surface area contributed by atoms with Gasteiger partial charge in [0.2, 0.25) is 0 Å². The van der Waals surface area contributed by atoms with Crippen molar-refractivity contribution in [3.05, 3.63) is 82.1 Å². The maximum Gasteiger partial charge on any atom is 0.418 e. The topological polar surface area (TPSA) is 69.6 Å². The van der Waals surface area contributed by atoms with Crippen LogP contribution in [0.1, 0.15) is 48.3 Å². The number of nitrogens with zero attached hydrogens (tertiary/aromatic N) is 6. The number of fused-ring (bicyclic) bond motifs is 1. The number of aromatic nitrogens is 5. The fourth-order valence-corrected chi connectivity index (χ4v) is 5.79. The lowest BCUT2D eigenvalue weighted by atomic mass is 9.75. The van der Waals surface area contributed by atoms with Crippen LogP contribution >= 0.6 is 0 Å². The highest BCUT2D eigenvalue weighted by atomic mass is 19.4. The molecule has 0 saturated carbocycles. The largest absolute Gasteiger partial charge is 0.418 e. The highest BCUT2D eigenvalue weighted by Gasteiger charge is 2.42. The summed E-state index contributed by atoms with van der Waals surface area (Å²) in [5.41, 5.74) is -0.350. The lowest BCUT2D eigenvalue weighted by molar-refractivity contribution is -0.136. The summed E-state index contributed by atoms with van der Waals surface area (Å²) >= 11 is 0. The highest BCUT2D eigenvalue weighted by Crippen LogP contribution is 2.38. The molecule has 0 bridgehead atoms. The van der Waals surface area contributed by atoms with Gasteiger partial charge in [-0.05, 0) is 49.1 Å². The van der Waals surface area contributed by atoms with Gasteiger partial charge in [0.15, 0.2) is 0 Å². The van der Waals surface area contributed by atoms with Crippen molar-refractivity contribution in [2.45, 2.75) is 50.0 Å². The van der Waals surface area contributed by atoms with E-state index >= 15 is 0 Å². The number of hydrogen-bond acceptors (Lipinski definition) is 5. The maximum absolute atomic E-state index is 14.3. The standard InChI is InChI=1S/C28H30F4N6O2/c1-18(36-8-6-21(29)7-9-36)19-10-23(28(30,31)32)24-14-37(26(39)38(24)13-19)22-5-3-4-20(11-22)27(15-40-16-27)12-25-34-33-17-35(25)2/h3-5,10-11,13-14,17-18,21H,6-9,12,15-16H2,1-2H3. The number of piperidine rings is 1. The van der Waals surface area contributed by atoms with E-state index in [4.69, 9.17) is 4.74 Å². The highest BCUT2D eigenvalue weighted by molar-refractivity contribution is 5.58. The van der Waals surface area contributed by atoms with Crippen molar-refractivity contribution >= 4 is 5.52 Å². The normalized spacial score (nSPS) is 19.1. The Morgan fingerprint density at radius 3 is 2.52 bits per heavy atom. The molecule has 6 rings (SSSR count). The molecule has 1 atom stereocenters. The van der Waals surface area contributed by atoms with E-state index < -0.39 is 29.6 Å². The van der Waals surface area contributed by atoms with E-state index in [2.05, 4.69) is 10.2 Å². The molecule has 0 amide bonds. The number of ether oxygens (including phenoxy) is 1. The Labute approximate surface area is 227 Å². The monoisotopic (exact) mass is 558 g/mol. The van der Waals surface area contributed by atoms with E-state index in [1.54, 1.807) is 25.4 Å². The zero-order valence-electron chi connectivity index (χ0n) is 22.2. The molecule has 4 aromatic rings. The van der Waals surface area contributed by atoms with Crippen LogP contribution in [0.4, 0.5) is 17.6 Å². The fourth-order valence-electron chi connectivity index (χ4n) is 5.79. The Hall–Kier alpha value is -3.51. The minimum Gasteiger partial charge on any atom is -0.379 e. The van der Waals surface area contributed by atoms with Crippen LogP contribution in [0.5, 0.6) is 0 Å². The minimum absolute atomic E-state index is 0.220. The lowest BCUT2D eigenvalue weighted by Crippen LogP contribution is -2.49. The van der Waals surface area contributed by atoms with E-state index in [-0.39, 0.29) is 10.9 Å². The number of pyridine rings is 1. The van der Waals surface area contributed by atoms with Crippen molar-refractivity contribution in [1.29, 1.82) is 0 Å². The summed E-state index contributed by atoms with van der Waals surface area (Å²) in [5, 5.41) is 8.15. The third-order valence-corrected chi connectivity index (χ3v) is 8.38. The number of alkyl halides is 4. The molecule has 1 unspecified atom stereocenters. The van der Waals surface area contributed by atoms with Crippen LogP contribution in [-0.4, -0.2) is 61.1 Å². The van der Waals surface area contributed by atoms with Crippen LogP contribution in [0.15, 0.2) is 53.8 Å². The molecule has 12 heteroatoms. The fraction of sp³-hybridized carbons (Fsp3) is 0.464. The van der Waals surface area contributed by atoms with Gasteiger partial charge in [0.25, 0.3) is 0 Å². The van der Waals surface area contributed by atoms with Crippen LogP contribution in [0.2, 0.25) is 0 Å². The number of aryl methyl sites for hydroxylation is 1. The Kier molecular flexibility index (Phi) is 6.57. The number of rotatable bonds is 6.